The predicted molar refractivity (Wildman–Crippen MR) is 40.4 cm³/mol. The van der Waals surface area contributed by atoms with Gasteiger partial charge in [-0.2, -0.15) is 0 Å². The van der Waals surface area contributed by atoms with Gasteiger partial charge in [0.2, 0.25) is 5.17 Å². The van der Waals surface area contributed by atoms with E-state index in [1.807, 2.05) is 0 Å². The van der Waals surface area contributed by atoms with Gasteiger partial charge in [-0.15, -0.1) is 0 Å². The van der Waals surface area contributed by atoms with Gasteiger partial charge in [0.25, 0.3) is 0 Å². The summed E-state index contributed by atoms with van der Waals surface area (Å²) in [7, 11) is 2.06. The third-order valence-corrected chi connectivity index (χ3v) is 2.27. The molecule has 0 saturated heterocycles. The van der Waals surface area contributed by atoms with Gasteiger partial charge in [0.15, 0.2) is 0 Å². The van der Waals surface area contributed by atoms with Crippen LogP contribution < -0.4 is 0 Å². The van der Waals surface area contributed by atoms with Crippen LogP contribution in [0.15, 0.2) is 0 Å². The summed E-state index contributed by atoms with van der Waals surface area (Å²) in [6.45, 7) is 1.14. The molecule has 1 rings (SSSR count). The molecule has 0 saturated carbocycles. The molecule has 1 heterocycles. The van der Waals surface area contributed by atoms with Crippen molar-refractivity contribution in [3.8, 4) is 0 Å². The Morgan fingerprint density at radius 3 is 2.89 bits per heavy atom. The highest BCUT2D eigenvalue weighted by Gasteiger charge is 2.10. The van der Waals surface area contributed by atoms with E-state index in [0.29, 0.717) is 0 Å². The van der Waals surface area contributed by atoms with Crippen LogP contribution in [0.5, 0.6) is 0 Å². The average molecular weight is 147 g/mol. The molecule has 0 radical (unpaired) electrons. The normalized spacial score (nSPS) is 22.0. The molecular weight excluding hydrogens is 134 g/mol. The molecule has 0 atom stereocenters. The third kappa shape index (κ3) is 1.98. The SMILES string of the molecule is C[N+]1=C(Cl)CCCCC1. The van der Waals surface area contributed by atoms with Crippen molar-refractivity contribution in [2.75, 3.05) is 13.6 Å². The van der Waals surface area contributed by atoms with E-state index in [2.05, 4.69) is 11.6 Å². The molecule has 0 fully saturated rings. The van der Waals surface area contributed by atoms with E-state index in [1.165, 1.54) is 19.3 Å². The fraction of sp³-hybridized carbons (Fsp3) is 0.857. The maximum Gasteiger partial charge on any atom is 0.244 e. The van der Waals surface area contributed by atoms with Crippen LogP contribution in [-0.4, -0.2) is 23.3 Å². The number of rotatable bonds is 0. The molecule has 52 valence electrons. The molecule has 0 spiro atoms. The third-order valence-electron chi connectivity index (χ3n) is 1.79. The van der Waals surface area contributed by atoms with Crippen LogP contribution in [0, 0.1) is 0 Å². The molecule has 0 bridgehead atoms. The second-order valence-corrected chi connectivity index (χ2v) is 3.04. The van der Waals surface area contributed by atoms with Gasteiger partial charge in [-0.25, -0.2) is 4.58 Å². The van der Waals surface area contributed by atoms with Gasteiger partial charge in [-0.1, -0.05) is 0 Å². The van der Waals surface area contributed by atoms with E-state index < -0.39 is 0 Å². The van der Waals surface area contributed by atoms with E-state index in [1.54, 1.807) is 0 Å². The lowest BCUT2D eigenvalue weighted by Crippen LogP contribution is -2.11. The molecular formula is C7H13ClN+. The topological polar surface area (TPSA) is 3.01 Å². The number of hydrogen-bond acceptors (Lipinski definition) is 0. The first-order valence-corrected chi connectivity index (χ1v) is 3.91. The van der Waals surface area contributed by atoms with Crippen molar-refractivity contribution in [3.05, 3.63) is 0 Å². The summed E-state index contributed by atoms with van der Waals surface area (Å²) in [6, 6.07) is 0. The zero-order valence-electron chi connectivity index (χ0n) is 5.86. The highest BCUT2D eigenvalue weighted by atomic mass is 35.5. The number of halogens is 1. The van der Waals surface area contributed by atoms with Crippen LogP contribution in [0.1, 0.15) is 25.7 Å². The zero-order chi connectivity index (χ0) is 6.69. The van der Waals surface area contributed by atoms with Crippen LogP contribution in [0.25, 0.3) is 0 Å². The van der Waals surface area contributed by atoms with Crippen molar-refractivity contribution < 1.29 is 4.58 Å². The average Bonchev–Trinajstić information content (AvgIpc) is 1.99. The summed E-state index contributed by atoms with van der Waals surface area (Å²) in [5.74, 6) is 0. The minimum atomic E-state index is 1.03. The highest BCUT2D eigenvalue weighted by Crippen LogP contribution is 2.08. The summed E-state index contributed by atoms with van der Waals surface area (Å²) in [6.07, 6.45) is 4.98. The smallest absolute Gasteiger partial charge is 0.226 e. The number of hydrogen-bond donors (Lipinski definition) is 0. The van der Waals surface area contributed by atoms with Crippen LogP contribution in [0.4, 0.5) is 0 Å². The molecule has 0 aliphatic carbocycles. The lowest BCUT2D eigenvalue weighted by atomic mass is 10.2. The molecule has 0 unspecified atom stereocenters. The highest BCUT2D eigenvalue weighted by molar-refractivity contribution is 6.63. The van der Waals surface area contributed by atoms with Gasteiger partial charge in [0.05, 0.1) is 0 Å². The lowest BCUT2D eigenvalue weighted by molar-refractivity contribution is -0.495. The maximum absolute atomic E-state index is 5.91. The summed E-state index contributed by atoms with van der Waals surface area (Å²) in [4.78, 5) is 0. The summed E-state index contributed by atoms with van der Waals surface area (Å²) < 4.78 is 2.15. The van der Waals surface area contributed by atoms with Crippen molar-refractivity contribution in [1.82, 2.24) is 0 Å². The van der Waals surface area contributed by atoms with E-state index >= 15 is 0 Å². The molecule has 0 aromatic rings. The molecule has 0 aromatic heterocycles. The Balaban J connectivity index is 2.55. The van der Waals surface area contributed by atoms with Gasteiger partial charge in [-0.3, -0.25) is 0 Å². The summed E-state index contributed by atoms with van der Waals surface area (Å²) in [5.41, 5.74) is 0. The first kappa shape index (κ1) is 7.07. The van der Waals surface area contributed by atoms with Crippen LogP contribution in [0.2, 0.25) is 0 Å². The fourth-order valence-electron chi connectivity index (χ4n) is 1.11. The second-order valence-electron chi connectivity index (χ2n) is 2.61. The van der Waals surface area contributed by atoms with Crippen LogP contribution >= 0.6 is 11.6 Å². The first-order valence-electron chi connectivity index (χ1n) is 3.53. The minimum absolute atomic E-state index is 1.03. The Bertz CT molecular complexity index is 115. The van der Waals surface area contributed by atoms with E-state index in [9.17, 15) is 0 Å². The van der Waals surface area contributed by atoms with Crippen LogP contribution in [-0.2, 0) is 0 Å². The molecule has 1 aliphatic heterocycles. The Morgan fingerprint density at radius 2 is 2.11 bits per heavy atom. The molecule has 1 aliphatic rings. The van der Waals surface area contributed by atoms with Crippen molar-refractivity contribution in [2.45, 2.75) is 25.7 Å². The molecule has 0 amide bonds. The first-order chi connectivity index (χ1) is 4.30. The standard InChI is InChI=1S/C7H13ClN/c1-9-6-4-2-3-5-7(9)8/h2-6H2,1H3/q+1. The lowest BCUT2D eigenvalue weighted by Gasteiger charge is -1.91. The van der Waals surface area contributed by atoms with Crippen LogP contribution in [0.3, 0.4) is 0 Å². The van der Waals surface area contributed by atoms with Crippen molar-refractivity contribution in [3.63, 3.8) is 0 Å². The molecule has 0 N–H and O–H groups in total. The van der Waals surface area contributed by atoms with Gasteiger partial charge < -0.3 is 0 Å². The fourth-order valence-corrected chi connectivity index (χ4v) is 1.33. The van der Waals surface area contributed by atoms with E-state index in [-0.39, 0.29) is 0 Å². The molecule has 2 heteroatoms. The van der Waals surface area contributed by atoms with E-state index in [0.717, 1.165) is 18.1 Å². The van der Waals surface area contributed by atoms with Gasteiger partial charge in [0, 0.05) is 12.8 Å². The monoisotopic (exact) mass is 146 g/mol. The van der Waals surface area contributed by atoms with E-state index in [4.69, 9.17) is 11.6 Å². The summed E-state index contributed by atoms with van der Waals surface area (Å²) in [5, 5.41) is 1.03. The maximum atomic E-state index is 5.91. The minimum Gasteiger partial charge on any atom is -0.226 e. The van der Waals surface area contributed by atoms with Gasteiger partial charge in [0.1, 0.15) is 13.6 Å². The molecule has 1 nitrogen and oxygen atoms in total. The van der Waals surface area contributed by atoms with Gasteiger partial charge >= 0.3 is 0 Å². The Labute approximate surface area is 61.3 Å². The van der Waals surface area contributed by atoms with Crippen molar-refractivity contribution in [2.24, 2.45) is 0 Å². The predicted octanol–water partition coefficient (Wildman–Crippen LogP) is 1.84. The van der Waals surface area contributed by atoms with Crippen molar-refractivity contribution >= 4 is 16.8 Å². The zero-order valence-corrected chi connectivity index (χ0v) is 6.62. The Morgan fingerprint density at radius 1 is 1.33 bits per heavy atom. The number of nitrogens with zero attached hydrogens (tertiary/aromatic N) is 1. The van der Waals surface area contributed by atoms with Crippen molar-refractivity contribution in [1.29, 1.82) is 0 Å². The Hall–Kier alpha value is -0.0400. The summed E-state index contributed by atoms with van der Waals surface area (Å²) >= 11 is 5.91. The van der Waals surface area contributed by atoms with Gasteiger partial charge in [-0.05, 0) is 24.4 Å². The molecule has 0 aromatic carbocycles. The molecule has 9 heavy (non-hydrogen) atoms. The second kappa shape index (κ2) is 3.21. The Kier molecular flexibility index (Phi) is 2.52. The quantitative estimate of drug-likeness (QED) is 0.459. The largest absolute Gasteiger partial charge is 0.244 e.